The second-order valence-corrected chi connectivity index (χ2v) is 6.30. The number of rotatable bonds is 6. The van der Waals surface area contributed by atoms with E-state index in [2.05, 4.69) is 21.9 Å². The van der Waals surface area contributed by atoms with Gasteiger partial charge in [0.15, 0.2) is 5.16 Å². The Bertz CT molecular complexity index is 846. The van der Waals surface area contributed by atoms with E-state index >= 15 is 0 Å². The molecule has 7 heteroatoms. The summed E-state index contributed by atoms with van der Waals surface area (Å²) in [6.07, 6.45) is 7.09. The van der Waals surface area contributed by atoms with Gasteiger partial charge in [-0.05, 0) is 23.4 Å². The van der Waals surface area contributed by atoms with Crippen LogP contribution >= 0.6 is 11.8 Å². The molecule has 2 heterocycles. The molecule has 0 saturated carbocycles. The third-order valence-corrected chi connectivity index (χ3v) is 4.16. The van der Waals surface area contributed by atoms with Gasteiger partial charge in [0.2, 0.25) is 0 Å². The first-order valence-electron chi connectivity index (χ1n) is 7.46. The van der Waals surface area contributed by atoms with Crippen LogP contribution in [0.3, 0.4) is 0 Å². The van der Waals surface area contributed by atoms with Crippen LogP contribution in [0.1, 0.15) is 22.8 Å². The van der Waals surface area contributed by atoms with Crippen LogP contribution in [0.5, 0.6) is 0 Å². The molecular formula is C17H16N4O2S. The average Bonchev–Trinajstić information content (AvgIpc) is 3.04. The lowest BCUT2D eigenvalue weighted by Gasteiger charge is -2.09. The highest BCUT2D eigenvalue weighted by Crippen LogP contribution is 2.19. The van der Waals surface area contributed by atoms with Crippen molar-refractivity contribution in [3.8, 4) is 11.4 Å². The predicted molar refractivity (Wildman–Crippen MR) is 92.2 cm³/mol. The van der Waals surface area contributed by atoms with E-state index in [1.54, 1.807) is 48.6 Å². The minimum absolute atomic E-state index is 0.276. The lowest BCUT2D eigenvalue weighted by molar-refractivity contribution is 0.0696. The molecule has 0 amide bonds. The quantitative estimate of drug-likeness (QED) is 0.548. The molecule has 6 nitrogen and oxygen atoms in total. The fraction of sp³-hybridized carbons (Fsp3) is 0.176. The number of carbonyl (C=O) groups is 1. The SMILES string of the molecule is CCSc1ncc(-c2nccn2Cc2cccc(C(=O)O)c2)cn1. The third-order valence-electron chi connectivity index (χ3n) is 3.40. The standard InChI is InChI=1S/C17H16N4O2S/c1-2-24-17-19-9-14(10-20-17)15-18-6-7-21(15)11-12-4-3-5-13(8-12)16(22)23/h3-10H,2,11H2,1H3,(H,22,23). The first kappa shape index (κ1) is 16.2. The Balaban J connectivity index is 1.85. The zero-order valence-electron chi connectivity index (χ0n) is 13.1. The molecule has 0 radical (unpaired) electrons. The molecule has 0 unspecified atom stereocenters. The summed E-state index contributed by atoms with van der Waals surface area (Å²) in [5, 5.41) is 9.84. The Hall–Kier alpha value is -2.67. The van der Waals surface area contributed by atoms with Gasteiger partial charge in [0, 0.05) is 31.3 Å². The summed E-state index contributed by atoms with van der Waals surface area (Å²) in [6.45, 7) is 2.59. The van der Waals surface area contributed by atoms with E-state index in [4.69, 9.17) is 5.11 Å². The Morgan fingerprint density at radius 3 is 2.75 bits per heavy atom. The predicted octanol–water partition coefficient (Wildman–Crippen LogP) is 3.20. The maximum atomic E-state index is 11.1. The van der Waals surface area contributed by atoms with E-state index in [-0.39, 0.29) is 5.56 Å². The first-order chi connectivity index (χ1) is 11.7. The van der Waals surface area contributed by atoms with Crippen molar-refractivity contribution in [2.75, 3.05) is 5.75 Å². The zero-order valence-corrected chi connectivity index (χ0v) is 13.9. The molecule has 0 aliphatic carbocycles. The summed E-state index contributed by atoms with van der Waals surface area (Å²) in [5.41, 5.74) is 2.00. The second kappa shape index (κ2) is 7.27. The molecule has 0 saturated heterocycles. The van der Waals surface area contributed by atoms with Crippen LogP contribution in [0.4, 0.5) is 0 Å². The Kier molecular flexibility index (Phi) is 4.90. The maximum absolute atomic E-state index is 11.1. The second-order valence-electron chi connectivity index (χ2n) is 5.07. The van der Waals surface area contributed by atoms with E-state index in [1.165, 1.54) is 0 Å². The average molecular weight is 340 g/mol. The number of imidazole rings is 1. The van der Waals surface area contributed by atoms with Crippen LogP contribution in [0, 0.1) is 0 Å². The normalized spacial score (nSPS) is 10.7. The zero-order chi connectivity index (χ0) is 16.9. The van der Waals surface area contributed by atoms with E-state index < -0.39 is 5.97 Å². The third kappa shape index (κ3) is 3.62. The van der Waals surface area contributed by atoms with Gasteiger partial charge in [0.05, 0.1) is 11.1 Å². The van der Waals surface area contributed by atoms with E-state index in [1.807, 2.05) is 16.8 Å². The van der Waals surface area contributed by atoms with Crippen LogP contribution in [0.2, 0.25) is 0 Å². The number of hydrogen-bond donors (Lipinski definition) is 1. The summed E-state index contributed by atoms with van der Waals surface area (Å²) in [4.78, 5) is 24.1. The summed E-state index contributed by atoms with van der Waals surface area (Å²) in [5.74, 6) is 0.748. The molecule has 0 aliphatic heterocycles. The number of aromatic nitrogens is 4. The molecule has 24 heavy (non-hydrogen) atoms. The van der Waals surface area contributed by atoms with Gasteiger partial charge in [-0.2, -0.15) is 0 Å². The summed E-state index contributed by atoms with van der Waals surface area (Å²) in [6, 6.07) is 6.89. The van der Waals surface area contributed by atoms with Crippen molar-refractivity contribution in [2.45, 2.75) is 18.6 Å². The van der Waals surface area contributed by atoms with Gasteiger partial charge < -0.3 is 9.67 Å². The molecule has 3 rings (SSSR count). The highest BCUT2D eigenvalue weighted by Gasteiger charge is 2.09. The number of nitrogens with zero attached hydrogens (tertiary/aromatic N) is 4. The fourth-order valence-electron chi connectivity index (χ4n) is 2.33. The van der Waals surface area contributed by atoms with Crippen molar-refractivity contribution >= 4 is 17.7 Å². The highest BCUT2D eigenvalue weighted by molar-refractivity contribution is 7.99. The smallest absolute Gasteiger partial charge is 0.335 e. The number of aromatic carboxylic acids is 1. The van der Waals surface area contributed by atoms with Gasteiger partial charge in [0.25, 0.3) is 0 Å². The molecule has 0 spiro atoms. The van der Waals surface area contributed by atoms with Gasteiger partial charge >= 0.3 is 5.97 Å². The molecule has 3 aromatic rings. The lowest BCUT2D eigenvalue weighted by atomic mass is 10.1. The van der Waals surface area contributed by atoms with Crippen molar-refractivity contribution < 1.29 is 9.90 Å². The van der Waals surface area contributed by atoms with Gasteiger partial charge in [-0.25, -0.2) is 19.7 Å². The number of carboxylic acid groups (broad SMARTS) is 1. The van der Waals surface area contributed by atoms with Gasteiger partial charge in [-0.3, -0.25) is 0 Å². The van der Waals surface area contributed by atoms with E-state index in [0.29, 0.717) is 6.54 Å². The largest absolute Gasteiger partial charge is 0.478 e. The number of benzene rings is 1. The number of hydrogen-bond acceptors (Lipinski definition) is 5. The summed E-state index contributed by atoms with van der Waals surface area (Å²) in [7, 11) is 0. The molecular weight excluding hydrogens is 324 g/mol. The molecule has 122 valence electrons. The lowest BCUT2D eigenvalue weighted by Crippen LogP contribution is -2.04. The molecule has 1 N–H and O–H groups in total. The molecule has 1 aromatic carbocycles. The molecule has 2 aromatic heterocycles. The van der Waals surface area contributed by atoms with Gasteiger partial charge in [-0.1, -0.05) is 30.8 Å². The Labute approximate surface area is 143 Å². The number of thioether (sulfide) groups is 1. The van der Waals surface area contributed by atoms with Crippen LogP contribution in [-0.2, 0) is 6.54 Å². The topological polar surface area (TPSA) is 80.9 Å². The molecule has 0 atom stereocenters. The monoisotopic (exact) mass is 340 g/mol. The fourth-order valence-corrected chi connectivity index (χ4v) is 2.84. The van der Waals surface area contributed by atoms with Crippen LogP contribution in [0.25, 0.3) is 11.4 Å². The van der Waals surface area contributed by atoms with E-state index in [9.17, 15) is 4.79 Å². The van der Waals surface area contributed by atoms with Gasteiger partial charge in [0.1, 0.15) is 5.82 Å². The van der Waals surface area contributed by atoms with Crippen molar-refractivity contribution in [1.29, 1.82) is 0 Å². The van der Waals surface area contributed by atoms with E-state index in [0.717, 1.165) is 27.9 Å². The van der Waals surface area contributed by atoms with Crippen LogP contribution < -0.4 is 0 Å². The Morgan fingerprint density at radius 1 is 1.25 bits per heavy atom. The van der Waals surface area contributed by atoms with Crippen LogP contribution in [-0.4, -0.2) is 36.3 Å². The number of carboxylic acids is 1. The van der Waals surface area contributed by atoms with Gasteiger partial charge in [-0.15, -0.1) is 0 Å². The molecule has 0 bridgehead atoms. The summed E-state index contributed by atoms with van der Waals surface area (Å²) >= 11 is 1.59. The van der Waals surface area contributed by atoms with Crippen molar-refractivity contribution in [1.82, 2.24) is 19.5 Å². The highest BCUT2D eigenvalue weighted by atomic mass is 32.2. The minimum Gasteiger partial charge on any atom is -0.478 e. The molecule has 0 aliphatic rings. The van der Waals surface area contributed by atoms with Crippen LogP contribution in [0.15, 0.2) is 54.2 Å². The van der Waals surface area contributed by atoms with Crippen molar-refractivity contribution in [2.24, 2.45) is 0 Å². The van der Waals surface area contributed by atoms with Crippen molar-refractivity contribution in [3.05, 3.63) is 60.2 Å². The maximum Gasteiger partial charge on any atom is 0.335 e. The summed E-state index contributed by atoms with van der Waals surface area (Å²) < 4.78 is 1.95. The van der Waals surface area contributed by atoms with Crippen molar-refractivity contribution in [3.63, 3.8) is 0 Å². The minimum atomic E-state index is -0.930. The first-order valence-corrected chi connectivity index (χ1v) is 8.44. The Morgan fingerprint density at radius 2 is 2.04 bits per heavy atom. The molecule has 0 fully saturated rings.